The van der Waals surface area contributed by atoms with Crippen LogP contribution in [0.4, 0.5) is 27.6 Å². The quantitative estimate of drug-likeness (QED) is 0.119. The van der Waals surface area contributed by atoms with Crippen molar-refractivity contribution in [3.63, 3.8) is 0 Å². The molecule has 43 heavy (non-hydrogen) atoms. The molecule has 2 heterocycles. The zero-order chi connectivity index (χ0) is 30.8. The molecular formula is C28H24F5N5O4S. The van der Waals surface area contributed by atoms with Gasteiger partial charge in [0.05, 0.1) is 18.8 Å². The molecule has 0 unspecified atom stereocenters. The van der Waals surface area contributed by atoms with Gasteiger partial charge in [0.25, 0.3) is 5.91 Å². The van der Waals surface area contributed by atoms with Crippen LogP contribution < -0.4 is 5.32 Å². The number of aromatic nitrogens is 4. The maximum Gasteiger partial charge on any atom is 0.261 e. The van der Waals surface area contributed by atoms with Gasteiger partial charge < -0.3 is 19.9 Å². The van der Waals surface area contributed by atoms with Crippen molar-refractivity contribution in [2.45, 2.75) is 37.2 Å². The Hall–Kier alpha value is -3.92. The lowest BCUT2D eigenvalue weighted by atomic mass is 9.91. The number of hydrogen-bond donors (Lipinski definition) is 2. The van der Waals surface area contributed by atoms with Gasteiger partial charge in [0.15, 0.2) is 29.6 Å². The van der Waals surface area contributed by atoms with Crippen molar-refractivity contribution < 1.29 is 41.3 Å². The molecule has 2 N–H and O–H groups in total. The smallest absolute Gasteiger partial charge is 0.261 e. The second-order valence-electron chi connectivity index (χ2n) is 9.74. The molecule has 4 aromatic rings. The van der Waals surface area contributed by atoms with Crippen molar-refractivity contribution in [1.82, 2.24) is 20.2 Å². The Morgan fingerprint density at radius 3 is 2.28 bits per heavy atom. The maximum absolute atomic E-state index is 14.2. The van der Waals surface area contributed by atoms with E-state index in [9.17, 15) is 31.9 Å². The fourth-order valence-corrected chi connectivity index (χ4v) is 5.58. The summed E-state index contributed by atoms with van der Waals surface area (Å²) in [6.45, 7) is 1.84. The predicted octanol–water partition coefficient (Wildman–Crippen LogP) is 5.23. The number of ether oxygens (including phenoxy) is 2. The summed E-state index contributed by atoms with van der Waals surface area (Å²) in [6.07, 6.45) is -1.84. The van der Waals surface area contributed by atoms with Gasteiger partial charge in [0.1, 0.15) is 5.56 Å². The van der Waals surface area contributed by atoms with Crippen molar-refractivity contribution >= 4 is 23.4 Å². The fourth-order valence-electron chi connectivity index (χ4n) is 4.57. The molecule has 0 spiro atoms. The summed E-state index contributed by atoms with van der Waals surface area (Å²) in [5.41, 5.74) is 0.345. The number of hydrogen-bond acceptors (Lipinski definition) is 8. The van der Waals surface area contributed by atoms with Gasteiger partial charge >= 0.3 is 0 Å². The molecule has 9 nitrogen and oxygen atoms in total. The molecule has 1 saturated heterocycles. The van der Waals surface area contributed by atoms with Crippen LogP contribution >= 0.6 is 11.8 Å². The molecule has 1 fully saturated rings. The second kappa shape index (κ2) is 12.8. The van der Waals surface area contributed by atoms with E-state index in [0.717, 1.165) is 11.1 Å². The van der Waals surface area contributed by atoms with Gasteiger partial charge in [-0.3, -0.25) is 4.79 Å². The summed E-state index contributed by atoms with van der Waals surface area (Å²) in [5.74, 6) is -12.6. The first kappa shape index (κ1) is 30.5. The fraction of sp³-hybridized carbons (Fsp3) is 0.286. The van der Waals surface area contributed by atoms with Crippen molar-refractivity contribution in [2.24, 2.45) is 13.0 Å². The third-order valence-electron chi connectivity index (χ3n) is 6.93. The van der Waals surface area contributed by atoms with E-state index in [2.05, 4.69) is 20.8 Å². The van der Waals surface area contributed by atoms with Crippen LogP contribution in [0, 0.1) is 35.0 Å². The lowest BCUT2D eigenvalue weighted by molar-refractivity contribution is -0.268. The van der Waals surface area contributed by atoms with E-state index in [1.165, 1.54) is 34.6 Å². The minimum absolute atomic E-state index is 0.00260. The van der Waals surface area contributed by atoms with Crippen LogP contribution in [0.25, 0.3) is 0 Å². The van der Waals surface area contributed by atoms with Crippen molar-refractivity contribution in [3.05, 3.63) is 99.9 Å². The number of nitrogens with zero attached hydrogens (tertiary/aromatic N) is 4. The average Bonchev–Trinajstić information content (AvgIpc) is 3.43. The molecular weight excluding hydrogens is 597 g/mol. The summed E-state index contributed by atoms with van der Waals surface area (Å²) in [5, 5.41) is 23.6. The monoisotopic (exact) mass is 621 g/mol. The van der Waals surface area contributed by atoms with Crippen molar-refractivity contribution in [2.75, 3.05) is 11.1 Å². The number of carbonyl (C=O) groups is 1. The van der Waals surface area contributed by atoms with Gasteiger partial charge in [-0.25, -0.2) is 26.6 Å². The van der Waals surface area contributed by atoms with E-state index in [1.807, 2.05) is 19.1 Å². The van der Waals surface area contributed by atoms with Crippen LogP contribution in [0.15, 0.2) is 53.7 Å². The third-order valence-corrected chi connectivity index (χ3v) is 8.03. The van der Waals surface area contributed by atoms with Crippen LogP contribution in [0.1, 0.15) is 46.4 Å². The number of halogens is 5. The Balaban J connectivity index is 1.42. The van der Waals surface area contributed by atoms with Gasteiger partial charge in [-0.1, -0.05) is 55.1 Å². The van der Waals surface area contributed by atoms with E-state index in [1.54, 1.807) is 25.2 Å². The first-order valence-electron chi connectivity index (χ1n) is 12.9. The number of amides is 1. The van der Waals surface area contributed by atoms with Crippen molar-refractivity contribution in [3.8, 4) is 0 Å². The summed E-state index contributed by atoms with van der Waals surface area (Å²) >= 11 is 1.38. The lowest BCUT2D eigenvalue weighted by Crippen LogP contribution is -2.38. The molecule has 0 radical (unpaired) electrons. The van der Waals surface area contributed by atoms with E-state index >= 15 is 0 Å². The Morgan fingerprint density at radius 2 is 1.65 bits per heavy atom. The molecule has 3 aromatic carbocycles. The first-order chi connectivity index (χ1) is 20.6. The number of carbonyl (C=O) groups excluding carboxylic acids is 1. The third kappa shape index (κ3) is 6.25. The standard InChI is InChI=1S/C28H24F5N5O4S/c1-13-18(12-43-28-35-36-37-38(28)2)41-27(42-25(13)15-8-6-14(11-39)7-9-15)16-4-3-5-17(10-16)34-26(40)19-20(29)22(31)24(33)23(32)21(19)30/h3-10,13,18,25,27,39H,11-12H2,1-2H3,(H,34,40)/t13-,18+,25+,27+/m1/s1. The zero-order valence-corrected chi connectivity index (χ0v) is 23.4. The second-order valence-corrected chi connectivity index (χ2v) is 10.7. The Bertz CT molecular complexity index is 1610. The van der Waals surface area contributed by atoms with Crippen molar-refractivity contribution in [1.29, 1.82) is 0 Å². The van der Waals surface area contributed by atoms with E-state index in [0.29, 0.717) is 16.5 Å². The topological polar surface area (TPSA) is 111 Å². The van der Waals surface area contributed by atoms with Gasteiger partial charge in [-0.15, -0.1) is 5.10 Å². The number of anilines is 1. The number of tetrazole rings is 1. The highest BCUT2D eigenvalue weighted by molar-refractivity contribution is 7.99. The number of aliphatic hydroxyl groups excluding tert-OH is 1. The SMILES string of the molecule is C[C@@H]1[C@H](CSc2nnnn2C)O[C@H](c2cccc(NC(=O)c3c(F)c(F)c(F)c(F)c3F)c2)O[C@@H]1c1ccc(CO)cc1. The minimum Gasteiger partial charge on any atom is -0.392 e. The first-order valence-corrected chi connectivity index (χ1v) is 13.9. The molecule has 1 aromatic heterocycles. The number of aryl methyl sites for hydroxylation is 1. The molecule has 226 valence electrons. The Labute approximate surface area is 246 Å². The lowest BCUT2D eigenvalue weighted by Gasteiger charge is -2.41. The summed E-state index contributed by atoms with van der Waals surface area (Å²) in [6, 6.07) is 13.2. The molecule has 15 heteroatoms. The number of benzene rings is 3. The van der Waals surface area contributed by atoms with E-state index < -0.39 is 59.1 Å². The van der Waals surface area contributed by atoms with Gasteiger partial charge in [0.2, 0.25) is 11.0 Å². The summed E-state index contributed by atoms with van der Waals surface area (Å²) in [4.78, 5) is 12.6. The number of rotatable bonds is 8. The highest BCUT2D eigenvalue weighted by Crippen LogP contribution is 2.43. The molecule has 1 aliphatic rings. The molecule has 1 amide bonds. The molecule has 0 aliphatic carbocycles. The zero-order valence-electron chi connectivity index (χ0n) is 22.6. The van der Waals surface area contributed by atoms with E-state index in [4.69, 9.17) is 9.47 Å². The van der Waals surface area contributed by atoms with Gasteiger partial charge in [-0.2, -0.15) is 0 Å². The Morgan fingerprint density at radius 1 is 0.977 bits per heavy atom. The Kier molecular flexibility index (Phi) is 9.05. The number of nitrogens with one attached hydrogen (secondary N) is 1. The summed E-state index contributed by atoms with van der Waals surface area (Å²) < 4.78 is 83.4. The molecule has 0 saturated carbocycles. The average molecular weight is 622 g/mol. The summed E-state index contributed by atoms with van der Waals surface area (Å²) in [7, 11) is 1.71. The molecule has 0 bridgehead atoms. The van der Waals surface area contributed by atoms with Gasteiger partial charge in [-0.05, 0) is 33.7 Å². The highest BCUT2D eigenvalue weighted by atomic mass is 32.2. The molecule has 4 atom stereocenters. The molecule has 1 aliphatic heterocycles. The van der Waals surface area contributed by atoms with Crippen LogP contribution in [0.5, 0.6) is 0 Å². The molecule has 5 rings (SSSR count). The normalized spacial score (nSPS) is 20.3. The largest absolute Gasteiger partial charge is 0.392 e. The van der Waals surface area contributed by atoms with Crippen LogP contribution in [-0.2, 0) is 23.1 Å². The number of thioether (sulfide) groups is 1. The van der Waals surface area contributed by atoms with Gasteiger partial charge in [0, 0.05) is 30.0 Å². The van der Waals surface area contributed by atoms with Crippen LogP contribution in [0.2, 0.25) is 0 Å². The van der Waals surface area contributed by atoms with Crippen LogP contribution in [0.3, 0.4) is 0 Å². The van der Waals surface area contributed by atoms with Crippen LogP contribution in [-0.4, -0.2) is 43.1 Å². The minimum atomic E-state index is -2.36. The van der Waals surface area contributed by atoms with E-state index in [-0.39, 0.29) is 18.2 Å². The number of aliphatic hydroxyl groups is 1. The highest BCUT2D eigenvalue weighted by Gasteiger charge is 2.39. The predicted molar refractivity (Wildman–Crippen MR) is 143 cm³/mol. The maximum atomic E-state index is 14.2.